The van der Waals surface area contributed by atoms with Crippen molar-refractivity contribution in [2.24, 2.45) is 0 Å². The first-order valence-electron chi connectivity index (χ1n) is 10.9. The molecule has 7 nitrogen and oxygen atoms in total. The van der Waals surface area contributed by atoms with Crippen LogP contribution in [-0.2, 0) is 16.1 Å². The molecule has 0 atom stereocenters. The van der Waals surface area contributed by atoms with E-state index in [4.69, 9.17) is 9.72 Å². The highest BCUT2D eigenvalue weighted by molar-refractivity contribution is 7.17. The van der Waals surface area contributed by atoms with Crippen molar-refractivity contribution >= 4 is 44.8 Å². The predicted octanol–water partition coefficient (Wildman–Crippen LogP) is 4.89. The van der Waals surface area contributed by atoms with E-state index in [9.17, 15) is 4.79 Å². The fourth-order valence-electron chi connectivity index (χ4n) is 3.87. The van der Waals surface area contributed by atoms with Gasteiger partial charge in [0.25, 0.3) is 0 Å². The number of ether oxygens (including phenoxy) is 1. The summed E-state index contributed by atoms with van der Waals surface area (Å²) in [5, 5.41) is 8.22. The summed E-state index contributed by atoms with van der Waals surface area (Å²) in [4.78, 5) is 22.9. The molecule has 0 unspecified atom stereocenters. The van der Waals surface area contributed by atoms with Crippen molar-refractivity contribution < 1.29 is 9.53 Å². The Morgan fingerprint density at radius 1 is 1.06 bits per heavy atom. The van der Waals surface area contributed by atoms with Crippen molar-refractivity contribution in [3.63, 3.8) is 0 Å². The average molecular weight is 460 g/mol. The Balaban J connectivity index is 1.31. The Hall–Kier alpha value is -3.33. The van der Waals surface area contributed by atoms with Gasteiger partial charge >= 0.3 is 0 Å². The molecule has 1 aliphatic rings. The normalized spacial score (nSPS) is 14.3. The maximum atomic E-state index is 11.3. The molecule has 5 rings (SSSR count). The molecule has 1 saturated heterocycles. The van der Waals surface area contributed by atoms with E-state index in [1.165, 1.54) is 12.5 Å². The third-order valence-corrected chi connectivity index (χ3v) is 6.46. The summed E-state index contributed by atoms with van der Waals surface area (Å²) in [6.07, 6.45) is 1.86. The van der Waals surface area contributed by atoms with Gasteiger partial charge in [0.1, 0.15) is 0 Å². The number of anilines is 3. The van der Waals surface area contributed by atoms with Crippen molar-refractivity contribution in [1.82, 2.24) is 14.9 Å². The smallest absolute Gasteiger partial charge is 0.227 e. The number of fused-ring (bicyclic) bond motifs is 1. The number of nitrogens with zero attached hydrogens (tertiary/aromatic N) is 3. The average Bonchev–Trinajstić information content (AvgIpc) is 3.24. The summed E-state index contributed by atoms with van der Waals surface area (Å²) >= 11 is 1.62. The highest BCUT2D eigenvalue weighted by atomic mass is 32.1. The lowest BCUT2D eigenvalue weighted by molar-refractivity contribution is -0.114. The van der Waals surface area contributed by atoms with Crippen LogP contribution in [0.5, 0.6) is 0 Å². The second-order valence-electron chi connectivity index (χ2n) is 8.02. The van der Waals surface area contributed by atoms with Gasteiger partial charge in [-0.15, -0.1) is 11.3 Å². The number of carbonyl (C=O) groups excluding carboxylic acids is 1. The van der Waals surface area contributed by atoms with E-state index in [0.717, 1.165) is 65.6 Å². The van der Waals surface area contributed by atoms with Gasteiger partial charge < -0.3 is 15.4 Å². The fraction of sp³-hybridized carbons (Fsp3) is 0.240. The number of thiophene rings is 1. The molecule has 0 saturated carbocycles. The van der Waals surface area contributed by atoms with Gasteiger partial charge in [0.2, 0.25) is 11.9 Å². The van der Waals surface area contributed by atoms with Crippen LogP contribution in [0.2, 0.25) is 0 Å². The number of aromatic nitrogens is 2. The first-order chi connectivity index (χ1) is 16.1. The van der Waals surface area contributed by atoms with E-state index in [1.54, 1.807) is 11.3 Å². The molecule has 0 aliphatic carbocycles. The molecule has 0 bridgehead atoms. The number of hydrogen-bond donors (Lipinski definition) is 2. The summed E-state index contributed by atoms with van der Waals surface area (Å²) in [7, 11) is 0. The zero-order valence-corrected chi connectivity index (χ0v) is 19.2. The van der Waals surface area contributed by atoms with Crippen molar-refractivity contribution in [2.45, 2.75) is 13.5 Å². The Morgan fingerprint density at radius 3 is 2.52 bits per heavy atom. The number of rotatable bonds is 6. The molecule has 33 heavy (non-hydrogen) atoms. The minimum Gasteiger partial charge on any atom is -0.379 e. The van der Waals surface area contributed by atoms with Gasteiger partial charge in [0, 0.05) is 48.9 Å². The van der Waals surface area contributed by atoms with Gasteiger partial charge in [-0.3, -0.25) is 9.69 Å². The Labute approximate surface area is 196 Å². The SMILES string of the molecule is CC(=O)Nc1ccc(-c2csc3cnc(Nc4ccc(CN5CCOCC5)cc4)nc23)cc1. The van der Waals surface area contributed by atoms with E-state index in [2.05, 4.69) is 50.2 Å². The van der Waals surface area contributed by atoms with Gasteiger partial charge in [0.05, 0.1) is 29.6 Å². The molecule has 3 heterocycles. The number of carbonyl (C=O) groups is 1. The minimum atomic E-state index is -0.0821. The Kier molecular flexibility index (Phi) is 6.30. The molecule has 2 aromatic heterocycles. The molecule has 8 heteroatoms. The van der Waals surface area contributed by atoms with Gasteiger partial charge in [-0.25, -0.2) is 9.97 Å². The maximum Gasteiger partial charge on any atom is 0.227 e. The molecular formula is C25H25N5O2S. The van der Waals surface area contributed by atoms with Crippen molar-refractivity contribution in [3.05, 3.63) is 65.7 Å². The highest BCUT2D eigenvalue weighted by Gasteiger charge is 2.12. The van der Waals surface area contributed by atoms with E-state index in [-0.39, 0.29) is 5.91 Å². The molecule has 0 spiro atoms. The zero-order valence-electron chi connectivity index (χ0n) is 18.4. The van der Waals surface area contributed by atoms with Gasteiger partial charge in [-0.05, 0) is 35.4 Å². The number of morpholine rings is 1. The van der Waals surface area contributed by atoms with Crippen LogP contribution >= 0.6 is 11.3 Å². The van der Waals surface area contributed by atoms with E-state index < -0.39 is 0 Å². The summed E-state index contributed by atoms with van der Waals surface area (Å²) in [5.74, 6) is 0.485. The van der Waals surface area contributed by atoms with E-state index >= 15 is 0 Å². The van der Waals surface area contributed by atoms with Crippen LogP contribution in [0.3, 0.4) is 0 Å². The van der Waals surface area contributed by atoms with Crippen LogP contribution in [0, 0.1) is 0 Å². The van der Waals surface area contributed by atoms with Gasteiger partial charge in [-0.2, -0.15) is 0 Å². The molecule has 2 N–H and O–H groups in total. The van der Waals surface area contributed by atoms with Crippen LogP contribution in [0.25, 0.3) is 21.3 Å². The molecule has 1 fully saturated rings. The monoisotopic (exact) mass is 459 g/mol. The summed E-state index contributed by atoms with van der Waals surface area (Å²) in [6, 6.07) is 16.2. The molecule has 4 aromatic rings. The van der Waals surface area contributed by atoms with Crippen LogP contribution < -0.4 is 10.6 Å². The first kappa shape index (κ1) is 21.5. The van der Waals surface area contributed by atoms with E-state index in [1.807, 2.05) is 30.5 Å². The summed E-state index contributed by atoms with van der Waals surface area (Å²) < 4.78 is 6.45. The first-order valence-corrected chi connectivity index (χ1v) is 11.8. The summed E-state index contributed by atoms with van der Waals surface area (Å²) in [6.45, 7) is 6.01. The number of benzene rings is 2. The third kappa shape index (κ3) is 5.19. The molecular weight excluding hydrogens is 434 g/mol. The fourth-order valence-corrected chi connectivity index (χ4v) is 4.74. The summed E-state index contributed by atoms with van der Waals surface area (Å²) in [5.41, 5.74) is 6.02. The lowest BCUT2D eigenvalue weighted by Crippen LogP contribution is -2.35. The predicted molar refractivity (Wildman–Crippen MR) is 133 cm³/mol. The minimum absolute atomic E-state index is 0.0821. The second kappa shape index (κ2) is 9.66. The van der Waals surface area contributed by atoms with Crippen LogP contribution in [0.4, 0.5) is 17.3 Å². The quantitative estimate of drug-likeness (QED) is 0.427. The number of hydrogen-bond acceptors (Lipinski definition) is 7. The molecule has 0 radical (unpaired) electrons. The van der Waals surface area contributed by atoms with Crippen molar-refractivity contribution in [3.8, 4) is 11.1 Å². The Morgan fingerprint density at radius 2 is 1.79 bits per heavy atom. The largest absolute Gasteiger partial charge is 0.379 e. The Bertz CT molecular complexity index is 1250. The second-order valence-corrected chi connectivity index (χ2v) is 8.94. The topological polar surface area (TPSA) is 79.4 Å². The van der Waals surface area contributed by atoms with Gasteiger partial charge in [0.15, 0.2) is 0 Å². The van der Waals surface area contributed by atoms with Crippen molar-refractivity contribution in [1.29, 1.82) is 0 Å². The number of amides is 1. The maximum absolute atomic E-state index is 11.3. The molecule has 1 aliphatic heterocycles. The standard InChI is InChI=1S/C25H25N5O2S/c1-17(31)27-20-8-4-19(5-9-20)22-16-33-23-14-26-25(29-24(22)23)28-21-6-2-18(3-7-21)15-30-10-12-32-13-11-30/h2-9,14,16H,10-13,15H2,1H3,(H,27,31)(H,26,28,29). The highest BCUT2D eigenvalue weighted by Crippen LogP contribution is 2.33. The lowest BCUT2D eigenvalue weighted by atomic mass is 10.1. The van der Waals surface area contributed by atoms with Gasteiger partial charge in [-0.1, -0.05) is 24.3 Å². The molecule has 168 valence electrons. The van der Waals surface area contributed by atoms with Crippen LogP contribution in [0.1, 0.15) is 12.5 Å². The third-order valence-electron chi connectivity index (χ3n) is 5.55. The lowest BCUT2D eigenvalue weighted by Gasteiger charge is -2.26. The van der Waals surface area contributed by atoms with E-state index in [0.29, 0.717) is 5.95 Å². The number of nitrogens with one attached hydrogen (secondary N) is 2. The van der Waals surface area contributed by atoms with Crippen LogP contribution in [0.15, 0.2) is 60.1 Å². The molecule has 1 amide bonds. The van der Waals surface area contributed by atoms with Crippen LogP contribution in [-0.4, -0.2) is 47.1 Å². The zero-order chi connectivity index (χ0) is 22.6. The molecule has 2 aromatic carbocycles. The van der Waals surface area contributed by atoms with Crippen molar-refractivity contribution in [2.75, 3.05) is 36.9 Å².